The lowest BCUT2D eigenvalue weighted by molar-refractivity contribution is -0.139. The Bertz CT molecular complexity index is 164. The molecule has 0 aromatic heterocycles. The highest BCUT2D eigenvalue weighted by Gasteiger charge is 2.50. The van der Waals surface area contributed by atoms with E-state index in [0.29, 0.717) is 0 Å². The van der Waals surface area contributed by atoms with Crippen LogP contribution >= 0.6 is 0 Å². The van der Waals surface area contributed by atoms with Crippen molar-refractivity contribution in [1.29, 1.82) is 0 Å². The van der Waals surface area contributed by atoms with Crippen LogP contribution in [0.25, 0.3) is 0 Å². The average molecular weight is 173 g/mol. The Morgan fingerprint density at radius 3 is 3.00 bits per heavy atom. The molecule has 2 rings (SSSR count). The number of morpholine rings is 1. The lowest BCUT2D eigenvalue weighted by Crippen LogP contribution is -2.42. The van der Waals surface area contributed by atoms with Crippen LogP contribution in [-0.2, 0) is 14.2 Å². The third-order valence-corrected chi connectivity index (χ3v) is 2.47. The smallest absolute Gasteiger partial charge is 0.175 e. The van der Waals surface area contributed by atoms with E-state index in [1.807, 2.05) is 6.92 Å². The van der Waals surface area contributed by atoms with Gasteiger partial charge in [0, 0.05) is 20.3 Å². The maximum atomic E-state index is 5.56. The molecule has 4 nitrogen and oxygen atoms in total. The van der Waals surface area contributed by atoms with Crippen molar-refractivity contribution in [2.45, 2.75) is 31.5 Å². The molecule has 12 heavy (non-hydrogen) atoms. The van der Waals surface area contributed by atoms with Crippen LogP contribution in [0, 0.1) is 0 Å². The van der Waals surface area contributed by atoms with Crippen LogP contribution in [-0.4, -0.2) is 44.8 Å². The van der Waals surface area contributed by atoms with E-state index < -0.39 is 0 Å². The van der Waals surface area contributed by atoms with Gasteiger partial charge in [-0.1, -0.05) is 0 Å². The van der Waals surface area contributed by atoms with Crippen molar-refractivity contribution in [3.63, 3.8) is 0 Å². The SMILES string of the molecule is CCO[C@@H]1[C@@H]2NC[C@H]1OC2OC. The van der Waals surface area contributed by atoms with Crippen molar-refractivity contribution in [3.8, 4) is 0 Å². The summed E-state index contributed by atoms with van der Waals surface area (Å²) in [7, 11) is 1.66. The summed E-state index contributed by atoms with van der Waals surface area (Å²) in [6, 6.07) is 0.222. The zero-order valence-electron chi connectivity index (χ0n) is 7.45. The molecule has 2 aliphatic rings. The van der Waals surface area contributed by atoms with Crippen LogP contribution in [0.2, 0.25) is 0 Å². The summed E-state index contributed by atoms with van der Waals surface area (Å²) in [5.74, 6) is 0. The molecule has 1 unspecified atom stereocenters. The van der Waals surface area contributed by atoms with E-state index in [1.165, 1.54) is 0 Å². The first-order valence-electron chi connectivity index (χ1n) is 4.40. The Hall–Kier alpha value is -0.160. The van der Waals surface area contributed by atoms with E-state index in [9.17, 15) is 0 Å². The van der Waals surface area contributed by atoms with Gasteiger partial charge >= 0.3 is 0 Å². The highest BCUT2D eigenvalue weighted by Crippen LogP contribution is 2.28. The van der Waals surface area contributed by atoms with Gasteiger partial charge in [-0.05, 0) is 6.92 Å². The molecule has 0 radical (unpaired) electrons. The normalized spacial score (nSPS) is 45.5. The van der Waals surface area contributed by atoms with Crippen LogP contribution in [0.5, 0.6) is 0 Å². The summed E-state index contributed by atoms with van der Waals surface area (Å²) in [5, 5.41) is 3.32. The number of hydrogen-bond donors (Lipinski definition) is 1. The van der Waals surface area contributed by atoms with E-state index in [-0.39, 0.29) is 24.5 Å². The molecule has 4 heteroatoms. The minimum absolute atomic E-state index is 0.125. The molecule has 0 aromatic carbocycles. The second-order valence-corrected chi connectivity index (χ2v) is 3.13. The van der Waals surface area contributed by atoms with Gasteiger partial charge in [-0.15, -0.1) is 0 Å². The predicted molar refractivity (Wildman–Crippen MR) is 42.9 cm³/mol. The van der Waals surface area contributed by atoms with Gasteiger partial charge in [0.25, 0.3) is 0 Å². The van der Waals surface area contributed by atoms with Gasteiger partial charge in [0.1, 0.15) is 12.2 Å². The predicted octanol–water partition coefficient (Wildman–Crippen LogP) is -0.265. The molecule has 2 saturated heterocycles. The fourth-order valence-electron chi connectivity index (χ4n) is 1.95. The fourth-order valence-corrected chi connectivity index (χ4v) is 1.95. The Balaban J connectivity index is 1.99. The highest BCUT2D eigenvalue weighted by atomic mass is 16.7. The average Bonchev–Trinajstić information content (AvgIpc) is 2.63. The molecule has 1 N–H and O–H groups in total. The van der Waals surface area contributed by atoms with Gasteiger partial charge in [0.05, 0.1) is 6.04 Å². The van der Waals surface area contributed by atoms with E-state index in [1.54, 1.807) is 7.11 Å². The van der Waals surface area contributed by atoms with Gasteiger partial charge in [-0.2, -0.15) is 0 Å². The van der Waals surface area contributed by atoms with Gasteiger partial charge in [0.2, 0.25) is 0 Å². The largest absolute Gasteiger partial charge is 0.374 e. The Morgan fingerprint density at radius 2 is 2.42 bits per heavy atom. The summed E-state index contributed by atoms with van der Waals surface area (Å²) in [6.45, 7) is 3.62. The van der Waals surface area contributed by atoms with Crippen LogP contribution in [0.1, 0.15) is 6.92 Å². The second kappa shape index (κ2) is 3.30. The summed E-state index contributed by atoms with van der Waals surface area (Å²) < 4.78 is 16.3. The number of nitrogens with one attached hydrogen (secondary N) is 1. The Kier molecular flexibility index (Phi) is 2.32. The number of fused-ring (bicyclic) bond motifs is 2. The lowest BCUT2D eigenvalue weighted by atomic mass is 10.2. The first kappa shape index (κ1) is 8.44. The first-order chi connectivity index (χ1) is 5.86. The Morgan fingerprint density at radius 1 is 1.58 bits per heavy atom. The molecule has 2 fully saturated rings. The van der Waals surface area contributed by atoms with Crippen molar-refractivity contribution in [2.24, 2.45) is 0 Å². The minimum atomic E-state index is -0.125. The van der Waals surface area contributed by atoms with Crippen molar-refractivity contribution < 1.29 is 14.2 Å². The van der Waals surface area contributed by atoms with Crippen molar-refractivity contribution in [3.05, 3.63) is 0 Å². The molecule has 70 valence electrons. The van der Waals surface area contributed by atoms with Crippen LogP contribution in [0.4, 0.5) is 0 Å². The lowest BCUT2D eigenvalue weighted by Gasteiger charge is -2.20. The summed E-state index contributed by atoms with van der Waals surface area (Å²) in [4.78, 5) is 0. The molecule has 4 atom stereocenters. The highest BCUT2D eigenvalue weighted by molar-refractivity contribution is 5.00. The molecular weight excluding hydrogens is 158 g/mol. The summed E-state index contributed by atoms with van der Waals surface area (Å²) in [5.41, 5.74) is 0. The van der Waals surface area contributed by atoms with Crippen LogP contribution in [0.15, 0.2) is 0 Å². The third kappa shape index (κ3) is 1.15. The molecule has 0 amide bonds. The summed E-state index contributed by atoms with van der Waals surface area (Å²) >= 11 is 0. The minimum Gasteiger partial charge on any atom is -0.374 e. The van der Waals surface area contributed by atoms with Gasteiger partial charge in [-0.3, -0.25) is 0 Å². The number of methoxy groups -OCH3 is 1. The van der Waals surface area contributed by atoms with Crippen molar-refractivity contribution in [2.75, 3.05) is 20.3 Å². The van der Waals surface area contributed by atoms with E-state index in [4.69, 9.17) is 14.2 Å². The van der Waals surface area contributed by atoms with Gasteiger partial charge < -0.3 is 19.5 Å². The standard InChI is InChI=1S/C8H15NO3/c1-3-11-7-5-4-9-6(7)8(10-2)12-5/h5-9H,3-4H2,1-2H3/t5-,6+,7+,8?/m1/s1. The fraction of sp³-hybridized carbons (Fsp3) is 1.00. The van der Waals surface area contributed by atoms with Gasteiger partial charge in [0.15, 0.2) is 6.29 Å². The monoisotopic (exact) mass is 173 g/mol. The molecule has 0 aliphatic carbocycles. The molecule has 2 bridgehead atoms. The molecule has 0 saturated carbocycles. The van der Waals surface area contributed by atoms with Crippen LogP contribution in [0.3, 0.4) is 0 Å². The first-order valence-corrected chi connectivity index (χ1v) is 4.40. The zero-order chi connectivity index (χ0) is 8.55. The molecular formula is C8H15NO3. The van der Waals surface area contributed by atoms with E-state index in [0.717, 1.165) is 13.2 Å². The maximum Gasteiger partial charge on any atom is 0.175 e. The van der Waals surface area contributed by atoms with E-state index >= 15 is 0 Å². The quantitative estimate of drug-likeness (QED) is 0.638. The van der Waals surface area contributed by atoms with Crippen molar-refractivity contribution in [1.82, 2.24) is 5.32 Å². The molecule has 2 heterocycles. The van der Waals surface area contributed by atoms with Crippen LogP contribution < -0.4 is 5.32 Å². The number of hydrogen-bond acceptors (Lipinski definition) is 4. The molecule has 0 aromatic rings. The molecule has 2 aliphatic heterocycles. The Labute approximate surface area is 72.2 Å². The zero-order valence-corrected chi connectivity index (χ0v) is 7.45. The second-order valence-electron chi connectivity index (χ2n) is 3.13. The maximum absolute atomic E-state index is 5.56. The van der Waals surface area contributed by atoms with E-state index in [2.05, 4.69) is 5.32 Å². The topological polar surface area (TPSA) is 39.7 Å². The summed E-state index contributed by atoms with van der Waals surface area (Å²) in [6.07, 6.45) is 0.236. The third-order valence-electron chi connectivity index (χ3n) is 2.47. The van der Waals surface area contributed by atoms with Crippen molar-refractivity contribution >= 4 is 0 Å². The molecule has 0 spiro atoms. The number of rotatable bonds is 3. The van der Waals surface area contributed by atoms with Gasteiger partial charge in [-0.25, -0.2) is 0 Å². The number of ether oxygens (including phenoxy) is 3.